The molecule has 1 aromatic carbocycles. The van der Waals surface area contributed by atoms with Crippen LogP contribution in [0.2, 0.25) is 5.02 Å². The maximum Gasteiger partial charge on any atom is 0.256 e. The zero-order chi connectivity index (χ0) is 25.7. The lowest BCUT2D eigenvalue weighted by atomic mass is 9.98. The molecule has 1 atom stereocenters. The van der Waals surface area contributed by atoms with Crippen LogP contribution in [0.1, 0.15) is 71.9 Å². The van der Waals surface area contributed by atoms with Crippen molar-refractivity contribution in [1.29, 1.82) is 0 Å². The van der Waals surface area contributed by atoms with Gasteiger partial charge in [-0.25, -0.2) is 17.9 Å². The minimum absolute atomic E-state index is 0.0280. The maximum atomic E-state index is 13.7. The Morgan fingerprint density at radius 3 is 2.78 bits per heavy atom. The van der Waals surface area contributed by atoms with Crippen LogP contribution in [0, 0.1) is 6.92 Å². The Balaban J connectivity index is 1.45. The molecule has 5 rings (SSSR count). The quantitative estimate of drug-likeness (QED) is 0.478. The predicted molar refractivity (Wildman–Crippen MR) is 140 cm³/mol. The molecule has 2 aromatic heterocycles. The van der Waals surface area contributed by atoms with Crippen LogP contribution in [-0.4, -0.2) is 52.2 Å². The lowest BCUT2D eigenvalue weighted by Crippen LogP contribution is -2.39. The summed E-state index contributed by atoms with van der Waals surface area (Å²) in [5, 5.41) is 5.14. The molecule has 0 spiro atoms. The second-order valence-corrected chi connectivity index (χ2v) is 12.4. The number of piperidine rings is 1. The Labute approximate surface area is 216 Å². The molecular weight excluding hydrogens is 500 g/mol. The second kappa shape index (κ2) is 9.32. The molecule has 36 heavy (non-hydrogen) atoms. The van der Waals surface area contributed by atoms with Crippen molar-refractivity contribution in [1.82, 2.24) is 19.5 Å². The van der Waals surface area contributed by atoms with E-state index < -0.39 is 10.0 Å². The fourth-order valence-electron chi connectivity index (χ4n) is 4.88. The lowest BCUT2D eigenvalue weighted by Gasteiger charge is -2.35. The number of aromatic nitrogens is 3. The second-order valence-electron chi connectivity index (χ2n) is 10.2. The zero-order valence-corrected chi connectivity index (χ0v) is 22.1. The standard InChI is InChI=1S/C25H31ClN6O3S/c1-16-15-32-23(28-19(16)8-9-25(27)10-11-25)14-21(29-32)22-5-3-4-12-31(22)24(33)18-13-17(26)6-7-20(18)30-36(2,34)35/h6-7,13-15,22,30H,3-5,8-12,27H2,1-2H3. The van der Waals surface area contributed by atoms with E-state index in [1.54, 1.807) is 15.5 Å². The van der Waals surface area contributed by atoms with Crippen LogP contribution in [0.4, 0.5) is 5.69 Å². The van der Waals surface area contributed by atoms with Crippen LogP contribution < -0.4 is 10.5 Å². The van der Waals surface area contributed by atoms with E-state index >= 15 is 0 Å². The molecule has 192 valence electrons. The van der Waals surface area contributed by atoms with Gasteiger partial charge in [-0.2, -0.15) is 5.10 Å². The van der Waals surface area contributed by atoms with E-state index in [0.29, 0.717) is 11.6 Å². The van der Waals surface area contributed by atoms with Crippen LogP contribution in [0.15, 0.2) is 30.5 Å². The summed E-state index contributed by atoms with van der Waals surface area (Å²) in [6.07, 6.45) is 9.51. The van der Waals surface area contributed by atoms with Crippen LogP contribution in [0.25, 0.3) is 5.65 Å². The number of nitrogens with one attached hydrogen (secondary N) is 1. The highest BCUT2D eigenvalue weighted by Crippen LogP contribution is 2.37. The molecule has 1 saturated heterocycles. The highest BCUT2D eigenvalue weighted by atomic mass is 35.5. The van der Waals surface area contributed by atoms with Crippen LogP contribution in [0.5, 0.6) is 0 Å². The van der Waals surface area contributed by atoms with Crippen molar-refractivity contribution in [3.05, 3.63) is 58.0 Å². The summed E-state index contributed by atoms with van der Waals surface area (Å²) in [6.45, 7) is 2.57. The van der Waals surface area contributed by atoms with Crippen molar-refractivity contribution in [3.63, 3.8) is 0 Å². The number of carbonyl (C=O) groups excluding carboxylic acids is 1. The Kier molecular flexibility index (Phi) is 6.46. The smallest absolute Gasteiger partial charge is 0.256 e. The third-order valence-corrected chi connectivity index (χ3v) is 7.95. The molecular formula is C25H31ClN6O3S. The summed E-state index contributed by atoms with van der Waals surface area (Å²) >= 11 is 6.19. The normalized spacial score (nSPS) is 19.4. The largest absolute Gasteiger partial charge is 0.330 e. The van der Waals surface area contributed by atoms with Crippen molar-refractivity contribution in [3.8, 4) is 0 Å². The van der Waals surface area contributed by atoms with Gasteiger partial charge in [-0.1, -0.05) is 11.6 Å². The number of rotatable bonds is 7. The summed E-state index contributed by atoms with van der Waals surface area (Å²) in [7, 11) is -3.57. The summed E-state index contributed by atoms with van der Waals surface area (Å²) in [5.41, 5.74) is 10.3. The van der Waals surface area contributed by atoms with Gasteiger partial charge in [0, 0.05) is 35.1 Å². The predicted octanol–water partition coefficient (Wildman–Crippen LogP) is 3.85. The highest BCUT2D eigenvalue weighted by molar-refractivity contribution is 7.92. The number of carbonyl (C=O) groups is 1. The first-order valence-electron chi connectivity index (χ1n) is 12.2. The maximum absolute atomic E-state index is 13.7. The number of halogens is 1. The summed E-state index contributed by atoms with van der Waals surface area (Å²) in [5.74, 6) is -0.284. The van der Waals surface area contributed by atoms with Crippen LogP contribution >= 0.6 is 11.6 Å². The number of anilines is 1. The number of sulfonamides is 1. The van der Waals surface area contributed by atoms with Gasteiger partial charge in [0.05, 0.1) is 29.2 Å². The van der Waals surface area contributed by atoms with Crippen molar-refractivity contribution in [2.45, 2.75) is 63.5 Å². The van der Waals surface area contributed by atoms with Gasteiger partial charge in [-0.05, 0) is 75.6 Å². The first-order chi connectivity index (χ1) is 17.0. The van der Waals surface area contributed by atoms with Crippen molar-refractivity contribution < 1.29 is 13.2 Å². The Bertz CT molecular complexity index is 1430. The van der Waals surface area contributed by atoms with E-state index in [0.717, 1.165) is 73.8 Å². The number of likely N-dealkylation sites (tertiary alicyclic amines) is 1. The van der Waals surface area contributed by atoms with Crippen molar-refractivity contribution in [2.75, 3.05) is 17.5 Å². The number of nitrogens with two attached hydrogens (primary N) is 1. The minimum atomic E-state index is -3.57. The zero-order valence-electron chi connectivity index (χ0n) is 20.5. The van der Waals surface area contributed by atoms with Gasteiger partial charge in [0.25, 0.3) is 5.91 Å². The van der Waals surface area contributed by atoms with Crippen molar-refractivity contribution >= 4 is 38.9 Å². The van der Waals surface area contributed by atoms with Crippen LogP contribution in [-0.2, 0) is 16.4 Å². The molecule has 1 unspecified atom stereocenters. The first kappa shape index (κ1) is 25.0. The SMILES string of the molecule is Cc1cn2nc(C3CCCCN3C(=O)c3cc(Cl)ccc3NS(C)(=O)=O)cc2nc1CCC1(N)CC1. The van der Waals surface area contributed by atoms with Gasteiger partial charge < -0.3 is 10.6 Å². The van der Waals surface area contributed by atoms with Gasteiger partial charge in [0.2, 0.25) is 10.0 Å². The number of amides is 1. The summed E-state index contributed by atoms with van der Waals surface area (Å²) < 4.78 is 28.0. The van der Waals surface area contributed by atoms with Gasteiger partial charge in [-0.15, -0.1) is 0 Å². The molecule has 2 aliphatic rings. The van der Waals surface area contributed by atoms with Gasteiger partial charge >= 0.3 is 0 Å². The van der Waals surface area contributed by atoms with Gasteiger partial charge in [0.15, 0.2) is 5.65 Å². The molecule has 9 nitrogen and oxygen atoms in total. The van der Waals surface area contributed by atoms with E-state index in [9.17, 15) is 13.2 Å². The minimum Gasteiger partial charge on any atom is -0.330 e. The molecule has 1 saturated carbocycles. The fraction of sp³-hybridized carbons (Fsp3) is 0.480. The third kappa shape index (κ3) is 5.35. The number of benzene rings is 1. The first-order valence-corrected chi connectivity index (χ1v) is 14.5. The number of aryl methyl sites for hydroxylation is 2. The number of hydrogen-bond donors (Lipinski definition) is 2. The van der Waals surface area contributed by atoms with E-state index in [4.69, 9.17) is 27.4 Å². The monoisotopic (exact) mass is 530 g/mol. The number of hydrogen-bond acceptors (Lipinski definition) is 6. The molecule has 3 aromatic rings. The Hall–Kier alpha value is -2.69. The molecule has 0 radical (unpaired) electrons. The van der Waals surface area contributed by atoms with E-state index in [1.165, 1.54) is 12.1 Å². The third-order valence-electron chi connectivity index (χ3n) is 7.12. The Morgan fingerprint density at radius 1 is 1.28 bits per heavy atom. The summed E-state index contributed by atoms with van der Waals surface area (Å²) in [6, 6.07) is 6.28. The number of fused-ring (bicyclic) bond motifs is 1. The highest BCUT2D eigenvalue weighted by Gasteiger charge is 2.37. The van der Waals surface area contributed by atoms with Crippen molar-refractivity contribution in [2.24, 2.45) is 5.73 Å². The van der Waals surface area contributed by atoms with Gasteiger partial charge in [0.1, 0.15) is 0 Å². The topological polar surface area (TPSA) is 123 Å². The average molecular weight is 531 g/mol. The molecule has 0 bridgehead atoms. The Morgan fingerprint density at radius 2 is 2.06 bits per heavy atom. The molecule has 11 heteroatoms. The fourth-order valence-corrected chi connectivity index (χ4v) is 5.63. The molecule has 1 aliphatic heterocycles. The molecule has 3 N–H and O–H groups in total. The molecule has 1 amide bonds. The molecule has 1 aliphatic carbocycles. The molecule has 3 heterocycles. The van der Waals surface area contributed by atoms with E-state index in [-0.39, 0.29) is 28.7 Å². The van der Waals surface area contributed by atoms with E-state index in [2.05, 4.69) is 4.72 Å². The van der Waals surface area contributed by atoms with E-state index in [1.807, 2.05) is 19.2 Å². The average Bonchev–Trinajstić information content (AvgIpc) is 3.42. The van der Waals surface area contributed by atoms with Gasteiger partial charge in [-0.3, -0.25) is 9.52 Å². The summed E-state index contributed by atoms with van der Waals surface area (Å²) in [4.78, 5) is 20.4. The number of nitrogens with zero attached hydrogens (tertiary/aromatic N) is 4. The lowest BCUT2D eigenvalue weighted by molar-refractivity contribution is 0.0607. The van der Waals surface area contributed by atoms with Crippen LogP contribution in [0.3, 0.4) is 0 Å². The molecule has 2 fully saturated rings.